The van der Waals surface area contributed by atoms with E-state index < -0.39 is 0 Å². The van der Waals surface area contributed by atoms with Crippen LogP contribution in [-0.4, -0.2) is 10.1 Å². The highest BCUT2D eigenvalue weighted by atomic mass is 32.1. The Balaban J connectivity index is -0.000000526. The Kier molecular flexibility index (Phi) is 38.9. The van der Waals surface area contributed by atoms with Crippen LogP contribution in [0.2, 0.25) is 0 Å². The Hall–Kier alpha value is -2.33. The number of aromatic nitrogens is 2. The predicted molar refractivity (Wildman–Crippen MR) is 236 cm³/mol. The smallest absolute Gasteiger partial charge is 0.136 e. The van der Waals surface area contributed by atoms with Crippen LogP contribution >= 0.6 is 11.3 Å². The van der Waals surface area contributed by atoms with E-state index in [1.165, 1.54) is 106 Å². The van der Waals surface area contributed by atoms with E-state index in [2.05, 4.69) is 135 Å². The quantitative estimate of drug-likeness (QED) is 0.215. The Morgan fingerprint density at radius 1 is 0.765 bits per heavy atom. The lowest BCUT2D eigenvalue weighted by Crippen LogP contribution is -1.99. The minimum Gasteiger partial charge on any atom is -0.361 e. The predicted octanol–water partition coefficient (Wildman–Crippen LogP) is 17.2. The molecule has 0 spiro atoms. The Morgan fingerprint density at radius 3 is 1.55 bits per heavy atom. The molecular formula is C47H86N2OS. The number of benzene rings is 1. The van der Waals surface area contributed by atoms with Crippen molar-refractivity contribution in [1.29, 1.82) is 0 Å². The average Bonchev–Trinajstić information content (AvgIpc) is 3.87. The van der Waals surface area contributed by atoms with Crippen molar-refractivity contribution < 1.29 is 4.52 Å². The second kappa shape index (κ2) is 37.4. The van der Waals surface area contributed by atoms with E-state index in [4.69, 9.17) is 4.52 Å². The van der Waals surface area contributed by atoms with Gasteiger partial charge in [0, 0.05) is 22.7 Å². The monoisotopic (exact) mass is 727 g/mol. The Morgan fingerprint density at radius 2 is 1.31 bits per heavy atom. The molecule has 1 aromatic carbocycles. The third kappa shape index (κ3) is 33.3. The highest BCUT2D eigenvalue weighted by molar-refractivity contribution is 7.07. The first kappa shape index (κ1) is 53.0. The van der Waals surface area contributed by atoms with Crippen molar-refractivity contribution in [2.45, 2.75) is 194 Å². The molecule has 3 nitrogen and oxygen atoms in total. The van der Waals surface area contributed by atoms with Gasteiger partial charge in [-0.1, -0.05) is 183 Å². The maximum Gasteiger partial charge on any atom is 0.136 e. The van der Waals surface area contributed by atoms with Crippen LogP contribution in [-0.2, 0) is 0 Å². The fraction of sp³-hybridized carbons (Fsp3) is 0.681. The highest BCUT2D eigenvalue weighted by Gasteiger charge is 2.06. The highest BCUT2D eigenvalue weighted by Crippen LogP contribution is 2.22. The van der Waals surface area contributed by atoms with E-state index in [0.717, 1.165) is 34.8 Å². The number of nitrogens with zero attached hydrogens (tertiary/aromatic N) is 1. The number of hydrogen-bond acceptors (Lipinski definition) is 3. The average molecular weight is 727 g/mol. The molecule has 0 atom stereocenters. The van der Waals surface area contributed by atoms with Gasteiger partial charge in [0.05, 0.1) is 5.69 Å². The molecule has 1 fully saturated rings. The Bertz CT molecular complexity index is 1190. The summed E-state index contributed by atoms with van der Waals surface area (Å²) in [5.74, 6) is 3.77. The van der Waals surface area contributed by atoms with Crippen molar-refractivity contribution in [3.05, 3.63) is 75.4 Å². The number of rotatable bonds is 6. The van der Waals surface area contributed by atoms with Crippen molar-refractivity contribution in [1.82, 2.24) is 10.1 Å². The number of unbranched alkanes of at least 4 members (excludes halogenated alkanes) is 3. The van der Waals surface area contributed by atoms with E-state index in [0.29, 0.717) is 0 Å². The molecule has 0 amide bonds. The first-order valence-corrected chi connectivity index (χ1v) is 21.6. The summed E-state index contributed by atoms with van der Waals surface area (Å²) >= 11 is 1.74. The number of thiophene rings is 1. The summed E-state index contributed by atoms with van der Waals surface area (Å²) in [5, 5.41) is 9.27. The number of fused-ring (bicyclic) bond motifs is 1. The summed E-state index contributed by atoms with van der Waals surface area (Å²) in [5.41, 5.74) is 6.04. The molecule has 0 unspecified atom stereocenters. The molecule has 4 aromatic rings. The maximum absolute atomic E-state index is 4.84. The standard InChI is InChI=1S/C9H9N.C7H14.C6H9NO.C6H14.C5H6S.2C5H12.C4H10/c1-7-6-10-9-5-3-2-4-8(7)9;1-7-5-3-2-4-6-7;1-4-5(2)7-8-6(4)3;1-4-6(3)5-2;1-5-2-3-6-4-5;1-4-5(2)3;1-3-5-4-2;1-3-4-2/h2-6,10H,1H3;7H,2-6H2,1H3;1-3H3;6H,4-5H2,1-3H3;2-4H,1H3;5H,4H2,1-3H3;3-5H2,1-2H3;3-4H2,1-2H3. The number of aryl methyl sites for hydroxylation is 4. The van der Waals surface area contributed by atoms with Gasteiger partial charge in [-0.15, -0.1) is 0 Å². The van der Waals surface area contributed by atoms with Crippen LogP contribution in [0, 0.1) is 52.4 Å². The minimum atomic E-state index is 0.884. The minimum absolute atomic E-state index is 0.884. The fourth-order valence-electron chi connectivity index (χ4n) is 4.03. The van der Waals surface area contributed by atoms with Gasteiger partial charge in [-0.3, -0.25) is 0 Å². The van der Waals surface area contributed by atoms with Crippen molar-refractivity contribution in [2.75, 3.05) is 0 Å². The molecule has 1 saturated carbocycles. The van der Waals surface area contributed by atoms with Crippen molar-refractivity contribution >= 4 is 22.2 Å². The molecule has 0 aliphatic heterocycles. The molecule has 3 heterocycles. The zero-order chi connectivity index (χ0) is 39.5. The number of aromatic amines is 1. The van der Waals surface area contributed by atoms with Crippen LogP contribution in [0.5, 0.6) is 0 Å². The zero-order valence-electron chi connectivity index (χ0n) is 36.8. The Labute approximate surface area is 323 Å². The van der Waals surface area contributed by atoms with Crippen LogP contribution in [0.3, 0.4) is 0 Å². The van der Waals surface area contributed by atoms with Crippen LogP contribution in [0.15, 0.2) is 51.8 Å². The summed E-state index contributed by atoms with van der Waals surface area (Å²) in [6.07, 6.45) is 20.2. The summed E-state index contributed by atoms with van der Waals surface area (Å²) in [4.78, 5) is 3.19. The lowest BCUT2D eigenvalue weighted by molar-refractivity contribution is 0.385. The van der Waals surface area contributed by atoms with Crippen LogP contribution < -0.4 is 0 Å². The van der Waals surface area contributed by atoms with Crippen molar-refractivity contribution in [3.8, 4) is 0 Å². The van der Waals surface area contributed by atoms with E-state index in [9.17, 15) is 0 Å². The molecule has 0 saturated heterocycles. The maximum atomic E-state index is 4.84. The molecule has 1 aliphatic rings. The topological polar surface area (TPSA) is 41.8 Å². The third-order valence-corrected chi connectivity index (χ3v) is 9.96. The van der Waals surface area contributed by atoms with Gasteiger partial charge in [0.1, 0.15) is 5.76 Å². The van der Waals surface area contributed by atoms with Gasteiger partial charge in [-0.05, 0) is 86.4 Å². The summed E-state index contributed by atoms with van der Waals surface area (Å²) < 4.78 is 4.84. The second-order valence-corrected chi connectivity index (χ2v) is 15.4. The first-order valence-electron chi connectivity index (χ1n) is 20.7. The van der Waals surface area contributed by atoms with Crippen molar-refractivity contribution in [2.24, 2.45) is 17.8 Å². The summed E-state index contributed by atoms with van der Waals surface area (Å²) in [6, 6.07) is 10.4. The summed E-state index contributed by atoms with van der Waals surface area (Å²) in [6.45, 7) is 34.6. The van der Waals surface area contributed by atoms with E-state index in [-0.39, 0.29) is 0 Å². The van der Waals surface area contributed by atoms with Gasteiger partial charge in [0.25, 0.3) is 0 Å². The lowest BCUT2D eigenvalue weighted by Gasteiger charge is -2.15. The summed E-state index contributed by atoms with van der Waals surface area (Å²) in [7, 11) is 0. The normalized spacial score (nSPS) is 11.6. The molecule has 0 radical (unpaired) electrons. The van der Waals surface area contributed by atoms with Gasteiger partial charge in [0.2, 0.25) is 0 Å². The van der Waals surface area contributed by atoms with Gasteiger partial charge in [-0.2, -0.15) is 11.3 Å². The molecule has 5 rings (SSSR count). The number of H-pyrrole nitrogens is 1. The largest absolute Gasteiger partial charge is 0.361 e. The molecular weight excluding hydrogens is 641 g/mol. The molecule has 51 heavy (non-hydrogen) atoms. The van der Waals surface area contributed by atoms with E-state index in [1.54, 1.807) is 11.3 Å². The van der Waals surface area contributed by atoms with Crippen LogP contribution in [0.1, 0.15) is 188 Å². The lowest BCUT2D eigenvalue weighted by atomic mass is 9.91. The molecule has 296 valence electrons. The van der Waals surface area contributed by atoms with Gasteiger partial charge < -0.3 is 9.51 Å². The zero-order valence-corrected chi connectivity index (χ0v) is 37.6. The first-order chi connectivity index (χ1) is 24.3. The van der Waals surface area contributed by atoms with Crippen molar-refractivity contribution in [3.63, 3.8) is 0 Å². The molecule has 0 bridgehead atoms. The fourth-order valence-corrected chi connectivity index (χ4v) is 4.69. The third-order valence-electron chi connectivity index (χ3n) is 9.16. The SMILES string of the molecule is CC1CCCCC1.CCC(C)C.CCC(C)CC.CCCC.CCCCC.Cc1c[nH]c2ccccc12.Cc1ccsc1.Cc1noc(C)c1C. The van der Waals surface area contributed by atoms with Crippen LogP contribution in [0.25, 0.3) is 10.9 Å². The second-order valence-electron chi connectivity index (χ2n) is 14.6. The van der Waals surface area contributed by atoms with Gasteiger partial charge in [0.15, 0.2) is 0 Å². The van der Waals surface area contributed by atoms with Gasteiger partial charge >= 0.3 is 0 Å². The number of hydrogen-bond donors (Lipinski definition) is 1. The van der Waals surface area contributed by atoms with E-state index in [1.807, 2.05) is 33.0 Å². The molecule has 1 N–H and O–H groups in total. The molecule has 1 aliphatic carbocycles. The number of para-hydroxylation sites is 1. The molecule has 4 heteroatoms. The van der Waals surface area contributed by atoms with E-state index >= 15 is 0 Å². The van der Waals surface area contributed by atoms with Gasteiger partial charge in [-0.25, -0.2) is 0 Å². The molecule has 3 aromatic heterocycles. The number of nitrogens with one attached hydrogen (secondary N) is 1. The van der Waals surface area contributed by atoms with Crippen LogP contribution in [0.4, 0.5) is 0 Å².